The summed E-state index contributed by atoms with van der Waals surface area (Å²) in [6.07, 6.45) is 11.8. The number of halogens is 1. The minimum atomic E-state index is 0. The van der Waals surface area contributed by atoms with Crippen LogP contribution in [0.15, 0.2) is 54.1 Å². The van der Waals surface area contributed by atoms with Crippen molar-refractivity contribution in [2.45, 2.75) is 64.0 Å². The number of anilines is 1. The van der Waals surface area contributed by atoms with Crippen molar-refractivity contribution in [2.24, 2.45) is 0 Å². The topological polar surface area (TPSA) is 29.1 Å². The molecule has 1 amide bonds. The normalized spacial score (nSPS) is 17.0. The largest absolute Gasteiger partial charge is 1.00 e. The summed E-state index contributed by atoms with van der Waals surface area (Å²) in [6, 6.07) is 17.6. The third-order valence-electron chi connectivity index (χ3n) is 6.93. The minimum Gasteiger partial charge on any atom is -1.00 e. The average Bonchev–Trinajstić information content (AvgIpc) is 2.98. The molecule has 166 valence electrons. The molecule has 0 bridgehead atoms. The number of quaternary nitrogens is 1. The van der Waals surface area contributed by atoms with Crippen LogP contribution in [-0.4, -0.2) is 30.5 Å². The zero-order valence-corrected chi connectivity index (χ0v) is 21.0. The Labute approximate surface area is 204 Å². The fraction of sp³-hybridized carbons (Fsp3) is 0.444. The molecule has 0 radical (unpaired) electrons. The first-order valence-electron chi connectivity index (χ1n) is 11.5. The predicted octanol–water partition coefficient (Wildman–Crippen LogP) is 2.96. The van der Waals surface area contributed by atoms with Crippen molar-refractivity contribution in [3.63, 3.8) is 0 Å². The summed E-state index contributed by atoms with van der Waals surface area (Å²) >= 11 is 0. The minimum absolute atomic E-state index is 0. The van der Waals surface area contributed by atoms with Crippen molar-refractivity contribution in [2.75, 3.05) is 19.4 Å². The molecule has 1 N–H and O–H groups in total. The Bertz CT molecular complexity index is 911. The third-order valence-corrected chi connectivity index (χ3v) is 6.93. The highest BCUT2D eigenvalue weighted by Gasteiger charge is 2.29. The fourth-order valence-electron chi connectivity index (χ4n) is 5.10. The number of hydrogen-bond donors (Lipinski definition) is 1. The predicted molar refractivity (Wildman–Crippen MR) is 125 cm³/mol. The van der Waals surface area contributed by atoms with Gasteiger partial charge < -0.3 is 33.8 Å². The van der Waals surface area contributed by atoms with Gasteiger partial charge in [0.1, 0.15) is 6.54 Å². The molecule has 0 atom stereocenters. The number of aryl methyl sites for hydroxylation is 1. The lowest BCUT2D eigenvalue weighted by molar-refractivity contribution is -0.929. The number of amides is 1. The van der Waals surface area contributed by atoms with Crippen LogP contribution in [0.3, 0.4) is 0 Å². The van der Waals surface area contributed by atoms with E-state index in [1.165, 1.54) is 48.8 Å². The Morgan fingerprint density at radius 2 is 1.65 bits per heavy atom. The Balaban J connectivity index is 0.00000272. The molecular formula is C27H35IN2O. The number of hydrogen-bond acceptors (Lipinski definition) is 1. The highest BCUT2D eigenvalue weighted by Crippen LogP contribution is 2.28. The quantitative estimate of drug-likeness (QED) is 0.468. The molecule has 4 heteroatoms. The van der Waals surface area contributed by atoms with Crippen LogP contribution in [0, 0.1) is 0 Å². The van der Waals surface area contributed by atoms with E-state index in [9.17, 15) is 4.79 Å². The monoisotopic (exact) mass is 530 g/mol. The van der Waals surface area contributed by atoms with Crippen LogP contribution >= 0.6 is 0 Å². The van der Waals surface area contributed by atoms with Gasteiger partial charge in [-0.3, -0.25) is 4.79 Å². The molecule has 31 heavy (non-hydrogen) atoms. The van der Waals surface area contributed by atoms with Crippen LogP contribution in [0.2, 0.25) is 0 Å². The van der Waals surface area contributed by atoms with Crippen molar-refractivity contribution in [3.05, 3.63) is 70.8 Å². The average molecular weight is 530 g/mol. The summed E-state index contributed by atoms with van der Waals surface area (Å²) in [5, 5.41) is 3.11. The summed E-state index contributed by atoms with van der Waals surface area (Å²) in [7, 11) is 4.73. The molecular weight excluding hydrogens is 495 g/mol. The van der Waals surface area contributed by atoms with E-state index < -0.39 is 0 Å². The number of carbonyl (C=O) groups is 1. The second-order valence-corrected chi connectivity index (χ2v) is 9.60. The summed E-state index contributed by atoms with van der Waals surface area (Å²) in [6.45, 7) is 1.04. The van der Waals surface area contributed by atoms with Gasteiger partial charge in [-0.15, -0.1) is 0 Å². The van der Waals surface area contributed by atoms with E-state index in [1.807, 2.05) is 6.07 Å². The molecule has 0 aliphatic heterocycles. The van der Waals surface area contributed by atoms with Crippen molar-refractivity contribution >= 4 is 17.7 Å². The van der Waals surface area contributed by atoms with E-state index in [2.05, 4.69) is 68.0 Å². The number of benzene rings is 2. The molecule has 4 rings (SSSR count). The van der Waals surface area contributed by atoms with Gasteiger partial charge in [-0.1, -0.05) is 42.8 Å². The number of rotatable bonds is 5. The van der Waals surface area contributed by atoms with Gasteiger partial charge in [-0.05, 0) is 74.3 Å². The molecule has 2 aromatic carbocycles. The molecule has 2 aliphatic rings. The first-order valence-corrected chi connectivity index (χ1v) is 11.5. The lowest BCUT2D eigenvalue weighted by Crippen LogP contribution is -3.00. The summed E-state index contributed by atoms with van der Waals surface area (Å²) in [5.41, 5.74) is 5.61. The molecule has 0 heterocycles. The maximum atomic E-state index is 12.9. The molecule has 0 unspecified atom stereocenters. The molecule has 3 nitrogen and oxygen atoms in total. The van der Waals surface area contributed by atoms with E-state index in [-0.39, 0.29) is 29.9 Å². The van der Waals surface area contributed by atoms with Gasteiger partial charge in [0, 0.05) is 16.8 Å². The second kappa shape index (κ2) is 10.8. The summed E-state index contributed by atoms with van der Waals surface area (Å²) < 4.78 is 1.05. The summed E-state index contributed by atoms with van der Waals surface area (Å²) in [5.74, 6) is 0.0257. The molecule has 1 fully saturated rings. The lowest BCUT2D eigenvalue weighted by Gasteiger charge is -2.40. The van der Waals surface area contributed by atoms with Crippen LogP contribution < -0.4 is 29.3 Å². The molecule has 2 aliphatic carbocycles. The maximum Gasteiger partial charge on any atom is 0.251 e. The Kier molecular flexibility index (Phi) is 8.34. The maximum absolute atomic E-state index is 12.9. The lowest BCUT2D eigenvalue weighted by atomic mass is 9.92. The van der Waals surface area contributed by atoms with Gasteiger partial charge >= 0.3 is 0 Å². The zero-order valence-electron chi connectivity index (χ0n) is 18.9. The number of carbonyl (C=O) groups excluding carboxylic acids is 1. The van der Waals surface area contributed by atoms with Crippen molar-refractivity contribution in [3.8, 4) is 0 Å². The highest BCUT2D eigenvalue weighted by atomic mass is 127. The Morgan fingerprint density at radius 1 is 0.935 bits per heavy atom. The Morgan fingerprint density at radius 3 is 2.39 bits per heavy atom. The van der Waals surface area contributed by atoms with E-state index in [4.69, 9.17) is 0 Å². The van der Waals surface area contributed by atoms with Gasteiger partial charge in [0.15, 0.2) is 0 Å². The van der Waals surface area contributed by atoms with Crippen molar-refractivity contribution < 1.29 is 33.3 Å². The number of nitrogens with one attached hydrogen (secondary N) is 1. The van der Waals surface area contributed by atoms with Crippen molar-refractivity contribution in [1.29, 1.82) is 0 Å². The number of nitrogens with zero attached hydrogens (tertiary/aromatic N) is 1. The van der Waals surface area contributed by atoms with Gasteiger partial charge in [0.2, 0.25) is 0 Å². The number of fused-ring (bicyclic) bond motifs is 1. The zero-order chi connectivity index (χ0) is 21.0. The SMILES string of the molecule is C[N+](C)(Cc1ccc(NC(=O)C2=Cc3ccccc3CCC2)cc1)C1CCCCC1.[I-]. The Hall–Kier alpha value is -1.66. The molecule has 1 saturated carbocycles. The van der Waals surface area contributed by atoms with E-state index in [0.717, 1.165) is 47.6 Å². The van der Waals surface area contributed by atoms with Gasteiger partial charge in [-0.2, -0.15) is 0 Å². The molecule has 0 spiro atoms. The van der Waals surface area contributed by atoms with Gasteiger partial charge in [0.25, 0.3) is 5.91 Å². The van der Waals surface area contributed by atoms with Crippen LogP contribution in [0.1, 0.15) is 61.6 Å². The highest BCUT2D eigenvalue weighted by molar-refractivity contribution is 6.06. The molecule has 0 aromatic heterocycles. The van der Waals surface area contributed by atoms with Crippen LogP contribution in [0.25, 0.3) is 6.08 Å². The smallest absolute Gasteiger partial charge is 0.251 e. The molecule has 0 saturated heterocycles. The van der Waals surface area contributed by atoms with Gasteiger partial charge in [-0.25, -0.2) is 0 Å². The summed E-state index contributed by atoms with van der Waals surface area (Å²) in [4.78, 5) is 12.9. The van der Waals surface area contributed by atoms with E-state index in [0.29, 0.717) is 0 Å². The standard InChI is InChI=1S/C27H34N2O.HI/c1-29(2,26-13-4-3-5-14-26)20-21-15-17-25(18-16-21)28-27(30)24-12-8-11-22-9-6-7-10-23(22)19-24;/h6-7,9-10,15-19,26H,3-5,8,11-14,20H2,1-2H3;1H. The third kappa shape index (κ3) is 6.19. The van der Waals surface area contributed by atoms with Crippen LogP contribution in [0.4, 0.5) is 5.69 Å². The van der Waals surface area contributed by atoms with E-state index >= 15 is 0 Å². The fourth-order valence-corrected chi connectivity index (χ4v) is 5.10. The van der Waals surface area contributed by atoms with Crippen LogP contribution in [-0.2, 0) is 17.8 Å². The first-order chi connectivity index (χ1) is 14.5. The van der Waals surface area contributed by atoms with Crippen molar-refractivity contribution in [1.82, 2.24) is 0 Å². The van der Waals surface area contributed by atoms with Gasteiger partial charge in [0.05, 0.1) is 20.1 Å². The van der Waals surface area contributed by atoms with E-state index in [1.54, 1.807) is 0 Å². The van der Waals surface area contributed by atoms with Crippen LogP contribution in [0.5, 0.6) is 0 Å². The second-order valence-electron chi connectivity index (χ2n) is 9.60. The first kappa shape index (κ1) is 24.0. The molecule has 2 aromatic rings.